The van der Waals surface area contributed by atoms with Crippen LogP contribution in [0.2, 0.25) is 0 Å². The summed E-state index contributed by atoms with van der Waals surface area (Å²) in [6.07, 6.45) is 2.70. The van der Waals surface area contributed by atoms with Gasteiger partial charge in [0.1, 0.15) is 6.61 Å². The molecule has 11 heteroatoms. The fourth-order valence-corrected chi connectivity index (χ4v) is 3.58. The van der Waals surface area contributed by atoms with Crippen LogP contribution >= 0.6 is 0 Å². The van der Waals surface area contributed by atoms with E-state index in [4.69, 9.17) is 4.84 Å². The molecule has 0 aromatic heterocycles. The van der Waals surface area contributed by atoms with Crippen LogP contribution < -0.4 is 4.72 Å². The number of piperidine rings is 1. The number of nitrogens with zero attached hydrogens (tertiary/aromatic N) is 2. The second-order valence-corrected chi connectivity index (χ2v) is 8.80. The average Bonchev–Trinajstić information content (AvgIpc) is 2.67. The minimum Gasteiger partial charge on any atom is -0.391 e. The maximum Gasteiger partial charge on any atom is 0.516 e. The number of benzene rings is 1. The number of anilines is 1. The molecular formula is C19H24F3N3O4S. The third-order valence-corrected chi connectivity index (χ3v) is 6.15. The van der Waals surface area contributed by atoms with E-state index in [-0.39, 0.29) is 30.1 Å². The molecule has 30 heavy (non-hydrogen) atoms. The minimum atomic E-state index is -5.58. The van der Waals surface area contributed by atoms with Crippen molar-refractivity contribution in [2.45, 2.75) is 38.7 Å². The van der Waals surface area contributed by atoms with Gasteiger partial charge in [0.05, 0.1) is 5.69 Å². The van der Waals surface area contributed by atoms with E-state index in [0.717, 1.165) is 0 Å². The highest BCUT2D eigenvalue weighted by Crippen LogP contribution is 2.34. The van der Waals surface area contributed by atoms with Crippen molar-refractivity contribution >= 4 is 27.3 Å². The van der Waals surface area contributed by atoms with Crippen LogP contribution in [-0.2, 0) is 26.2 Å². The lowest BCUT2D eigenvalue weighted by molar-refractivity contribution is -0.127. The van der Waals surface area contributed by atoms with E-state index in [0.29, 0.717) is 19.4 Å². The van der Waals surface area contributed by atoms with Gasteiger partial charge in [0, 0.05) is 18.5 Å². The van der Waals surface area contributed by atoms with E-state index in [2.05, 4.69) is 11.7 Å². The molecule has 1 heterocycles. The zero-order valence-corrected chi connectivity index (χ0v) is 17.5. The van der Waals surface area contributed by atoms with Crippen molar-refractivity contribution in [1.29, 1.82) is 0 Å². The molecule has 1 unspecified atom stereocenters. The van der Waals surface area contributed by atoms with Crippen LogP contribution in [0.5, 0.6) is 0 Å². The number of amides is 1. The molecular weight excluding hydrogens is 423 g/mol. The highest BCUT2D eigenvalue weighted by Gasteiger charge is 2.46. The number of rotatable bonds is 8. The Kier molecular flexibility index (Phi) is 7.17. The van der Waals surface area contributed by atoms with E-state index < -0.39 is 26.9 Å². The Balaban J connectivity index is 2.30. The molecule has 1 aliphatic heterocycles. The molecule has 7 nitrogen and oxygen atoms in total. The standard InChI is InChI=1S/C19H24F3N3O4S/c1-4-12-29-23-16-17(26)25(11-10-18(16,3)5-2)13-14-8-6-7-9-15(14)24-30(27,28)19(20,21)22/h4,6-9,24H,1,5,10-13H2,2-3H3/b23-16-. The van der Waals surface area contributed by atoms with Gasteiger partial charge < -0.3 is 9.74 Å². The summed E-state index contributed by atoms with van der Waals surface area (Å²) in [5, 5.41) is 3.98. The van der Waals surface area contributed by atoms with Crippen LogP contribution in [0.15, 0.2) is 42.1 Å². The van der Waals surface area contributed by atoms with Crippen LogP contribution in [0.4, 0.5) is 18.9 Å². The topological polar surface area (TPSA) is 88.1 Å². The van der Waals surface area contributed by atoms with Crippen LogP contribution in [0.3, 0.4) is 0 Å². The maximum absolute atomic E-state index is 13.0. The average molecular weight is 447 g/mol. The van der Waals surface area contributed by atoms with Gasteiger partial charge >= 0.3 is 15.5 Å². The first-order chi connectivity index (χ1) is 13.9. The smallest absolute Gasteiger partial charge is 0.391 e. The molecule has 0 bridgehead atoms. The van der Waals surface area contributed by atoms with Crippen LogP contribution in [0.25, 0.3) is 0 Å². The van der Waals surface area contributed by atoms with Gasteiger partial charge in [-0.3, -0.25) is 9.52 Å². The molecule has 0 aliphatic carbocycles. The zero-order chi connectivity index (χ0) is 22.6. The molecule has 1 aromatic rings. The first kappa shape index (κ1) is 23.7. The van der Waals surface area contributed by atoms with Crippen molar-refractivity contribution < 1.29 is 31.2 Å². The highest BCUT2D eigenvalue weighted by atomic mass is 32.2. The van der Waals surface area contributed by atoms with Crippen molar-refractivity contribution in [3.8, 4) is 0 Å². The highest BCUT2D eigenvalue weighted by molar-refractivity contribution is 7.93. The van der Waals surface area contributed by atoms with Crippen LogP contribution in [0, 0.1) is 5.41 Å². The molecule has 0 radical (unpaired) electrons. The first-order valence-corrected chi connectivity index (χ1v) is 10.7. The molecule has 1 amide bonds. The minimum absolute atomic E-state index is 0.0876. The van der Waals surface area contributed by atoms with Gasteiger partial charge in [-0.05, 0) is 24.5 Å². The fraction of sp³-hybridized carbons (Fsp3) is 0.474. The van der Waals surface area contributed by atoms with Crippen LogP contribution in [-0.4, -0.2) is 43.6 Å². The summed E-state index contributed by atoms with van der Waals surface area (Å²) in [5.41, 5.74) is -5.76. The van der Waals surface area contributed by atoms with E-state index in [1.54, 1.807) is 10.8 Å². The van der Waals surface area contributed by atoms with Crippen molar-refractivity contribution in [3.63, 3.8) is 0 Å². The quantitative estimate of drug-likeness (QED) is 0.374. The van der Waals surface area contributed by atoms with Gasteiger partial charge in [-0.1, -0.05) is 49.9 Å². The van der Waals surface area contributed by atoms with E-state index >= 15 is 0 Å². The molecule has 1 aromatic carbocycles. The summed E-state index contributed by atoms with van der Waals surface area (Å²) in [6.45, 7) is 7.71. The maximum atomic E-state index is 13.0. The number of likely N-dealkylation sites (tertiary alicyclic amines) is 1. The molecule has 1 N–H and O–H groups in total. The lowest BCUT2D eigenvalue weighted by Crippen LogP contribution is -2.50. The number of oxime groups is 1. The predicted molar refractivity (Wildman–Crippen MR) is 107 cm³/mol. The number of para-hydroxylation sites is 1. The second kappa shape index (κ2) is 9.07. The number of carbonyl (C=O) groups excluding carboxylic acids is 1. The lowest BCUT2D eigenvalue weighted by atomic mass is 9.76. The van der Waals surface area contributed by atoms with Crippen molar-refractivity contribution in [2.75, 3.05) is 17.9 Å². The summed E-state index contributed by atoms with van der Waals surface area (Å²) >= 11 is 0. The summed E-state index contributed by atoms with van der Waals surface area (Å²) in [6, 6.07) is 5.62. The SMILES string of the molecule is C=CCO/N=C1/C(=O)N(Cc2ccccc2NS(=O)(=O)C(F)(F)F)CCC1(C)CC. The van der Waals surface area contributed by atoms with E-state index in [1.807, 2.05) is 13.8 Å². The third-order valence-electron chi connectivity index (χ3n) is 5.05. The molecule has 0 saturated carbocycles. The molecule has 2 rings (SSSR count). The van der Waals surface area contributed by atoms with Gasteiger partial charge in [-0.2, -0.15) is 21.6 Å². The molecule has 1 aliphatic rings. The number of carbonyl (C=O) groups is 1. The number of alkyl halides is 3. The van der Waals surface area contributed by atoms with Gasteiger partial charge in [0.2, 0.25) is 0 Å². The predicted octanol–water partition coefficient (Wildman–Crippen LogP) is 3.66. The number of hydrogen-bond donors (Lipinski definition) is 1. The van der Waals surface area contributed by atoms with Crippen molar-refractivity contribution in [1.82, 2.24) is 4.90 Å². The largest absolute Gasteiger partial charge is 0.516 e. The first-order valence-electron chi connectivity index (χ1n) is 9.23. The number of sulfonamides is 1. The van der Waals surface area contributed by atoms with Gasteiger partial charge in [0.25, 0.3) is 5.91 Å². The Bertz CT molecular complexity index is 931. The number of halogens is 3. The molecule has 1 fully saturated rings. The number of nitrogens with one attached hydrogen (secondary N) is 1. The Labute approximate surface area is 173 Å². The summed E-state index contributed by atoms with van der Waals surface area (Å²) in [4.78, 5) is 19.6. The normalized spacial score (nSPS) is 21.6. The monoisotopic (exact) mass is 447 g/mol. The number of hydrogen-bond acceptors (Lipinski definition) is 5. The molecule has 166 valence electrons. The fourth-order valence-electron chi connectivity index (χ4n) is 2.97. The van der Waals surface area contributed by atoms with E-state index in [1.165, 1.54) is 29.2 Å². The van der Waals surface area contributed by atoms with Gasteiger partial charge in [0.15, 0.2) is 5.71 Å². The van der Waals surface area contributed by atoms with Gasteiger partial charge in [-0.15, -0.1) is 0 Å². The van der Waals surface area contributed by atoms with Crippen molar-refractivity contribution in [2.24, 2.45) is 10.6 Å². The molecule has 0 spiro atoms. The third kappa shape index (κ3) is 5.13. The molecule has 1 saturated heterocycles. The second-order valence-electron chi connectivity index (χ2n) is 7.12. The van der Waals surface area contributed by atoms with Crippen LogP contribution in [0.1, 0.15) is 32.3 Å². The Morgan fingerprint density at radius 2 is 2.03 bits per heavy atom. The Hall–Kier alpha value is -2.56. The lowest BCUT2D eigenvalue weighted by Gasteiger charge is -2.39. The summed E-state index contributed by atoms with van der Waals surface area (Å²) < 4.78 is 62.8. The van der Waals surface area contributed by atoms with E-state index in [9.17, 15) is 26.4 Å². The molecule has 1 atom stereocenters. The summed E-state index contributed by atoms with van der Waals surface area (Å²) in [7, 11) is -5.58. The Morgan fingerprint density at radius 3 is 2.63 bits per heavy atom. The van der Waals surface area contributed by atoms with Gasteiger partial charge in [-0.25, -0.2) is 0 Å². The summed E-state index contributed by atoms with van der Waals surface area (Å²) in [5.74, 6) is -0.414. The van der Waals surface area contributed by atoms with Crippen molar-refractivity contribution in [3.05, 3.63) is 42.5 Å². The Morgan fingerprint density at radius 1 is 1.37 bits per heavy atom. The zero-order valence-electron chi connectivity index (χ0n) is 16.7.